The zero-order chi connectivity index (χ0) is 27.6. The Kier molecular flexibility index (Phi) is 7.74. The molecule has 4 N–H and O–H groups in total. The number of ether oxygens (including phenoxy) is 1. The van der Waals surface area contributed by atoms with Crippen molar-refractivity contribution in [3.05, 3.63) is 59.2 Å². The molecule has 0 spiro atoms. The number of anilines is 2. The van der Waals surface area contributed by atoms with Gasteiger partial charge in [0, 0.05) is 50.2 Å². The van der Waals surface area contributed by atoms with E-state index in [9.17, 15) is 24.3 Å². The van der Waals surface area contributed by atoms with E-state index in [0.29, 0.717) is 23.8 Å². The third-order valence-electron chi connectivity index (χ3n) is 6.37. The number of carbonyl (C=O) groups excluding carboxylic acids is 4. The zero-order valence-electron chi connectivity index (χ0n) is 21.4. The van der Waals surface area contributed by atoms with Crippen LogP contribution in [0.1, 0.15) is 21.5 Å². The van der Waals surface area contributed by atoms with Crippen molar-refractivity contribution in [2.75, 3.05) is 51.1 Å². The Bertz CT molecular complexity index is 1310. The molecule has 4 amide bonds. The summed E-state index contributed by atoms with van der Waals surface area (Å²) in [5.74, 6) is -1.60. The van der Waals surface area contributed by atoms with Crippen LogP contribution in [-0.4, -0.2) is 97.4 Å². The normalized spacial score (nSPS) is 17.4. The minimum atomic E-state index is -1.77. The van der Waals surface area contributed by atoms with Gasteiger partial charge in [-0.15, -0.1) is 0 Å². The SMILES string of the molecule is CN(C)C(=O)CN(C)C(=O)c1cccc(N2CCOC(C(O)C(=O)Nc3ccc4c(c3)CN=C4N)C2=O)c1. The van der Waals surface area contributed by atoms with Gasteiger partial charge in [-0.2, -0.15) is 0 Å². The van der Waals surface area contributed by atoms with E-state index < -0.39 is 24.0 Å². The highest BCUT2D eigenvalue weighted by Gasteiger charge is 2.39. The summed E-state index contributed by atoms with van der Waals surface area (Å²) in [5.41, 5.74) is 8.58. The Morgan fingerprint density at radius 3 is 2.71 bits per heavy atom. The molecule has 0 saturated carbocycles. The van der Waals surface area contributed by atoms with E-state index >= 15 is 0 Å². The molecule has 38 heavy (non-hydrogen) atoms. The number of hydrogen-bond acceptors (Lipinski definition) is 8. The molecule has 200 valence electrons. The van der Waals surface area contributed by atoms with Crippen LogP contribution in [0.3, 0.4) is 0 Å². The van der Waals surface area contributed by atoms with E-state index in [1.54, 1.807) is 50.5 Å². The number of benzene rings is 2. The fourth-order valence-electron chi connectivity index (χ4n) is 4.19. The lowest BCUT2D eigenvalue weighted by molar-refractivity contribution is -0.150. The van der Waals surface area contributed by atoms with Crippen molar-refractivity contribution >= 4 is 40.8 Å². The summed E-state index contributed by atoms with van der Waals surface area (Å²) >= 11 is 0. The first kappa shape index (κ1) is 26.8. The molecule has 1 fully saturated rings. The number of likely N-dealkylation sites (N-methyl/N-ethyl adjacent to an activating group) is 2. The third-order valence-corrected chi connectivity index (χ3v) is 6.37. The Balaban J connectivity index is 1.44. The predicted molar refractivity (Wildman–Crippen MR) is 140 cm³/mol. The summed E-state index contributed by atoms with van der Waals surface area (Å²) < 4.78 is 5.48. The van der Waals surface area contributed by atoms with Gasteiger partial charge in [-0.25, -0.2) is 0 Å². The lowest BCUT2D eigenvalue weighted by Crippen LogP contribution is -2.55. The summed E-state index contributed by atoms with van der Waals surface area (Å²) in [4.78, 5) is 59.0. The molecule has 0 bridgehead atoms. The molecule has 0 radical (unpaired) electrons. The number of rotatable bonds is 7. The average Bonchev–Trinajstić information content (AvgIpc) is 3.27. The lowest BCUT2D eigenvalue weighted by Gasteiger charge is -2.34. The van der Waals surface area contributed by atoms with Crippen molar-refractivity contribution in [2.24, 2.45) is 10.7 Å². The monoisotopic (exact) mass is 522 g/mol. The van der Waals surface area contributed by atoms with Gasteiger partial charge in [-0.3, -0.25) is 24.2 Å². The van der Waals surface area contributed by atoms with Crippen molar-refractivity contribution in [1.29, 1.82) is 0 Å². The van der Waals surface area contributed by atoms with Crippen LogP contribution in [0.2, 0.25) is 0 Å². The first-order valence-electron chi connectivity index (χ1n) is 12.0. The molecule has 12 nitrogen and oxygen atoms in total. The molecule has 2 heterocycles. The number of nitrogens with zero attached hydrogens (tertiary/aromatic N) is 4. The smallest absolute Gasteiger partial charge is 0.259 e. The highest BCUT2D eigenvalue weighted by Crippen LogP contribution is 2.24. The van der Waals surface area contributed by atoms with Crippen molar-refractivity contribution in [3.8, 4) is 0 Å². The number of nitrogens with one attached hydrogen (secondary N) is 1. The molecule has 2 aromatic carbocycles. The predicted octanol–water partition coefficient (Wildman–Crippen LogP) is -0.203. The minimum Gasteiger partial charge on any atom is -0.383 e. The number of carbonyl (C=O) groups is 4. The maximum absolute atomic E-state index is 13.2. The van der Waals surface area contributed by atoms with Crippen LogP contribution in [0.25, 0.3) is 0 Å². The summed E-state index contributed by atoms with van der Waals surface area (Å²) in [6, 6.07) is 11.5. The molecule has 2 aliphatic heterocycles. The van der Waals surface area contributed by atoms with Crippen LogP contribution in [0.15, 0.2) is 47.5 Å². The number of fused-ring (bicyclic) bond motifs is 1. The van der Waals surface area contributed by atoms with E-state index in [4.69, 9.17) is 10.5 Å². The Morgan fingerprint density at radius 1 is 1.21 bits per heavy atom. The quantitative estimate of drug-likeness (QED) is 0.454. The van der Waals surface area contributed by atoms with Gasteiger partial charge in [0.05, 0.1) is 19.7 Å². The summed E-state index contributed by atoms with van der Waals surface area (Å²) in [7, 11) is 4.73. The van der Waals surface area contributed by atoms with E-state index in [2.05, 4.69) is 10.3 Å². The molecule has 0 aromatic heterocycles. The molecule has 2 aliphatic rings. The fourth-order valence-corrected chi connectivity index (χ4v) is 4.19. The molecule has 12 heteroatoms. The molecule has 2 atom stereocenters. The van der Waals surface area contributed by atoms with Gasteiger partial charge in [-0.1, -0.05) is 6.07 Å². The van der Waals surface area contributed by atoms with Crippen LogP contribution in [0.5, 0.6) is 0 Å². The highest BCUT2D eigenvalue weighted by molar-refractivity contribution is 6.05. The zero-order valence-corrected chi connectivity index (χ0v) is 21.4. The first-order chi connectivity index (χ1) is 18.1. The van der Waals surface area contributed by atoms with Gasteiger partial charge in [0.15, 0.2) is 12.2 Å². The maximum Gasteiger partial charge on any atom is 0.259 e. The molecule has 2 aromatic rings. The standard InChI is InChI=1S/C26H30N6O6/c1-30(2)20(33)14-31(3)25(36)15-5-4-6-18(12-15)32-9-10-38-22(26(32)37)21(34)24(35)29-17-7-8-19-16(11-17)13-28-23(19)27/h4-8,11-12,21-22,34H,9-10,13-14H2,1-3H3,(H2,27,28)(H,29,35). The summed E-state index contributed by atoms with van der Waals surface area (Å²) in [5, 5.41) is 13.3. The highest BCUT2D eigenvalue weighted by atomic mass is 16.5. The van der Waals surface area contributed by atoms with Crippen molar-refractivity contribution in [2.45, 2.75) is 18.8 Å². The Hall–Kier alpha value is -4.29. The average molecular weight is 523 g/mol. The first-order valence-corrected chi connectivity index (χ1v) is 12.0. The second kappa shape index (κ2) is 11.0. The van der Waals surface area contributed by atoms with E-state index in [1.807, 2.05) is 0 Å². The van der Waals surface area contributed by atoms with Crippen molar-refractivity contribution in [3.63, 3.8) is 0 Å². The number of aliphatic hydroxyl groups excluding tert-OH is 1. The topological polar surface area (TPSA) is 158 Å². The second-order valence-corrected chi connectivity index (χ2v) is 9.29. The van der Waals surface area contributed by atoms with Crippen molar-refractivity contribution < 1.29 is 29.0 Å². The van der Waals surface area contributed by atoms with Gasteiger partial charge in [-0.05, 0) is 42.0 Å². The number of amides is 4. The number of morpholine rings is 1. The number of hydrogen-bond donors (Lipinski definition) is 3. The van der Waals surface area contributed by atoms with Crippen LogP contribution in [0, 0.1) is 0 Å². The van der Waals surface area contributed by atoms with E-state index in [-0.39, 0.29) is 37.1 Å². The molecule has 2 unspecified atom stereocenters. The van der Waals surface area contributed by atoms with Gasteiger partial charge < -0.3 is 35.6 Å². The lowest BCUT2D eigenvalue weighted by atomic mass is 10.1. The van der Waals surface area contributed by atoms with Crippen LogP contribution in [0.4, 0.5) is 11.4 Å². The number of aliphatic imine (C=N–C) groups is 1. The molecule has 4 rings (SSSR count). The van der Waals surface area contributed by atoms with Gasteiger partial charge in [0.2, 0.25) is 5.91 Å². The van der Waals surface area contributed by atoms with Crippen molar-refractivity contribution in [1.82, 2.24) is 9.80 Å². The van der Waals surface area contributed by atoms with Gasteiger partial charge in [0.25, 0.3) is 17.7 Å². The maximum atomic E-state index is 13.2. The molecular formula is C26H30N6O6. The largest absolute Gasteiger partial charge is 0.383 e. The fraction of sp³-hybridized carbons (Fsp3) is 0.346. The second-order valence-electron chi connectivity index (χ2n) is 9.29. The number of amidine groups is 1. The number of nitrogens with two attached hydrogens (primary N) is 1. The van der Waals surface area contributed by atoms with Gasteiger partial charge in [0.1, 0.15) is 5.84 Å². The summed E-state index contributed by atoms with van der Waals surface area (Å²) in [6.07, 6.45) is -3.20. The van der Waals surface area contributed by atoms with Gasteiger partial charge >= 0.3 is 0 Å². The van der Waals surface area contributed by atoms with Crippen LogP contribution >= 0.6 is 0 Å². The minimum absolute atomic E-state index is 0.0750. The molecular weight excluding hydrogens is 492 g/mol. The van der Waals surface area contributed by atoms with E-state index in [1.165, 1.54) is 27.8 Å². The van der Waals surface area contributed by atoms with Crippen LogP contribution < -0.4 is 16.0 Å². The van der Waals surface area contributed by atoms with E-state index in [0.717, 1.165) is 11.1 Å². The Labute approximate surface area is 219 Å². The van der Waals surface area contributed by atoms with Crippen LogP contribution in [-0.2, 0) is 25.7 Å². The molecule has 0 aliphatic carbocycles. The number of aliphatic hydroxyl groups is 1. The summed E-state index contributed by atoms with van der Waals surface area (Å²) in [6.45, 7) is 0.546. The molecule has 1 saturated heterocycles. The third kappa shape index (κ3) is 5.50. The Morgan fingerprint density at radius 2 is 1.97 bits per heavy atom.